The fraction of sp³-hybridized carbons (Fsp3) is 0.667. The highest BCUT2D eigenvalue weighted by Gasteiger charge is 2.48. The van der Waals surface area contributed by atoms with Crippen LogP contribution in [-0.4, -0.2) is 21.4 Å². The molecule has 2 aliphatic rings. The summed E-state index contributed by atoms with van der Waals surface area (Å²) in [7, 11) is 0. The molecule has 4 nitrogen and oxygen atoms in total. The fourth-order valence-electron chi connectivity index (χ4n) is 2.30. The monoisotopic (exact) mass is 250 g/mol. The SMILES string of the molecule is N#CC(Cn1cc(Cl)cn1)(NC1CC1)C1CC1. The van der Waals surface area contributed by atoms with Crippen molar-refractivity contribution in [3.63, 3.8) is 0 Å². The average Bonchev–Trinajstić information content (AvgIpc) is 3.19. The summed E-state index contributed by atoms with van der Waals surface area (Å²) in [5.74, 6) is 0.469. The Morgan fingerprint density at radius 2 is 2.29 bits per heavy atom. The van der Waals surface area contributed by atoms with Crippen LogP contribution < -0.4 is 5.32 Å². The van der Waals surface area contributed by atoms with E-state index < -0.39 is 5.54 Å². The number of hydrogen-bond acceptors (Lipinski definition) is 3. The molecule has 3 rings (SSSR count). The van der Waals surface area contributed by atoms with Crippen molar-refractivity contribution in [2.75, 3.05) is 0 Å². The van der Waals surface area contributed by atoms with Crippen LogP contribution in [0.5, 0.6) is 0 Å². The van der Waals surface area contributed by atoms with E-state index >= 15 is 0 Å². The Bertz CT molecular complexity index is 455. The Morgan fingerprint density at radius 3 is 2.76 bits per heavy atom. The lowest BCUT2D eigenvalue weighted by molar-refractivity contribution is 0.302. The van der Waals surface area contributed by atoms with Crippen LogP contribution in [0, 0.1) is 17.2 Å². The van der Waals surface area contributed by atoms with Crippen molar-refractivity contribution in [2.24, 2.45) is 5.92 Å². The fourth-order valence-corrected chi connectivity index (χ4v) is 2.46. The van der Waals surface area contributed by atoms with Gasteiger partial charge >= 0.3 is 0 Å². The van der Waals surface area contributed by atoms with Crippen molar-refractivity contribution in [3.05, 3.63) is 17.4 Å². The summed E-state index contributed by atoms with van der Waals surface area (Å²) < 4.78 is 1.78. The lowest BCUT2D eigenvalue weighted by Crippen LogP contribution is -2.50. The molecule has 17 heavy (non-hydrogen) atoms. The molecule has 1 aromatic heterocycles. The first-order chi connectivity index (χ1) is 8.22. The van der Waals surface area contributed by atoms with Gasteiger partial charge in [-0.15, -0.1) is 0 Å². The third kappa shape index (κ3) is 2.31. The second-order valence-electron chi connectivity index (χ2n) is 5.13. The molecule has 90 valence electrons. The summed E-state index contributed by atoms with van der Waals surface area (Å²) in [6, 6.07) is 3.02. The summed E-state index contributed by atoms with van der Waals surface area (Å²) >= 11 is 5.86. The van der Waals surface area contributed by atoms with Crippen molar-refractivity contribution in [1.82, 2.24) is 15.1 Å². The molecule has 0 amide bonds. The Labute approximate surface area is 106 Å². The van der Waals surface area contributed by atoms with E-state index in [1.54, 1.807) is 17.1 Å². The zero-order chi connectivity index (χ0) is 11.9. The van der Waals surface area contributed by atoms with Gasteiger partial charge in [0.15, 0.2) is 0 Å². The van der Waals surface area contributed by atoms with E-state index in [0.717, 1.165) is 12.8 Å². The largest absolute Gasteiger partial charge is 0.295 e. The first-order valence-corrected chi connectivity index (χ1v) is 6.46. The van der Waals surface area contributed by atoms with E-state index in [4.69, 9.17) is 11.6 Å². The molecular formula is C12H15ClN4. The lowest BCUT2D eigenvalue weighted by Gasteiger charge is -2.28. The average molecular weight is 251 g/mol. The van der Waals surface area contributed by atoms with Crippen molar-refractivity contribution in [3.8, 4) is 6.07 Å². The van der Waals surface area contributed by atoms with Crippen LogP contribution in [0.15, 0.2) is 12.4 Å². The van der Waals surface area contributed by atoms with Crippen molar-refractivity contribution in [1.29, 1.82) is 5.26 Å². The van der Waals surface area contributed by atoms with E-state index in [9.17, 15) is 5.26 Å². The van der Waals surface area contributed by atoms with E-state index in [1.165, 1.54) is 12.8 Å². The van der Waals surface area contributed by atoms with Crippen LogP contribution >= 0.6 is 11.6 Å². The summed E-state index contributed by atoms with van der Waals surface area (Å²) in [6.07, 6.45) is 8.06. The molecule has 1 aromatic rings. The maximum atomic E-state index is 9.55. The Hall–Kier alpha value is -1.05. The molecule has 2 aliphatic carbocycles. The third-order valence-corrected chi connectivity index (χ3v) is 3.72. The summed E-state index contributed by atoms with van der Waals surface area (Å²) in [5.41, 5.74) is -0.448. The number of rotatable bonds is 5. The van der Waals surface area contributed by atoms with Crippen LogP contribution in [0.4, 0.5) is 0 Å². The van der Waals surface area contributed by atoms with Gasteiger partial charge < -0.3 is 0 Å². The zero-order valence-corrected chi connectivity index (χ0v) is 10.3. The summed E-state index contributed by atoms with van der Waals surface area (Å²) in [5, 5.41) is 17.9. The van der Waals surface area contributed by atoms with Gasteiger partial charge in [-0.05, 0) is 31.6 Å². The summed E-state index contributed by atoms with van der Waals surface area (Å²) in [4.78, 5) is 0. The standard InChI is InChI=1S/C12H15ClN4/c13-10-5-15-17(6-10)8-12(7-14,9-1-2-9)16-11-3-4-11/h5-6,9,11,16H,1-4,8H2. The van der Waals surface area contributed by atoms with Gasteiger partial charge in [0.05, 0.1) is 23.8 Å². The zero-order valence-electron chi connectivity index (χ0n) is 9.56. The van der Waals surface area contributed by atoms with E-state index in [0.29, 0.717) is 23.5 Å². The van der Waals surface area contributed by atoms with Gasteiger partial charge in [0, 0.05) is 12.2 Å². The second kappa shape index (κ2) is 4.01. The molecule has 1 N–H and O–H groups in total. The molecule has 1 heterocycles. The molecule has 1 atom stereocenters. The van der Waals surface area contributed by atoms with Crippen LogP contribution in [0.2, 0.25) is 5.02 Å². The number of aromatic nitrogens is 2. The smallest absolute Gasteiger partial charge is 0.129 e. The molecule has 5 heteroatoms. The molecule has 1 unspecified atom stereocenters. The molecular weight excluding hydrogens is 236 g/mol. The minimum Gasteiger partial charge on any atom is -0.295 e. The maximum absolute atomic E-state index is 9.55. The quantitative estimate of drug-likeness (QED) is 0.869. The topological polar surface area (TPSA) is 53.6 Å². The normalized spacial score (nSPS) is 23.1. The van der Waals surface area contributed by atoms with Crippen LogP contribution in [0.1, 0.15) is 25.7 Å². The Kier molecular flexibility index (Phi) is 2.61. The first kappa shape index (κ1) is 11.1. The maximum Gasteiger partial charge on any atom is 0.129 e. The lowest BCUT2D eigenvalue weighted by atomic mass is 9.94. The van der Waals surface area contributed by atoms with Gasteiger partial charge in [-0.25, -0.2) is 0 Å². The van der Waals surface area contributed by atoms with Crippen molar-refractivity contribution < 1.29 is 0 Å². The highest BCUT2D eigenvalue weighted by Crippen LogP contribution is 2.42. The van der Waals surface area contributed by atoms with Gasteiger partial charge in [0.2, 0.25) is 0 Å². The van der Waals surface area contributed by atoms with E-state index in [-0.39, 0.29) is 0 Å². The van der Waals surface area contributed by atoms with E-state index in [1.807, 2.05) is 0 Å². The summed E-state index contributed by atoms with van der Waals surface area (Å²) in [6.45, 7) is 0.595. The molecule has 0 aromatic carbocycles. The predicted octanol–water partition coefficient (Wildman–Crippen LogP) is 1.96. The number of nitrogens with zero attached hydrogens (tertiary/aromatic N) is 3. The van der Waals surface area contributed by atoms with Gasteiger partial charge in [0.25, 0.3) is 0 Å². The van der Waals surface area contributed by atoms with Crippen LogP contribution in [0.3, 0.4) is 0 Å². The molecule has 0 spiro atoms. The Balaban J connectivity index is 1.79. The van der Waals surface area contributed by atoms with Crippen LogP contribution in [0.25, 0.3) is 0 Å². The minimum atomic E-state index is -0.448. The van der Waals surface area contributed by atoms with Crippen LogP contribution in [-0.2, 0) is 6.54 Å². The number of nitrogens with one attached hydrogen (secondary N) is 1. The molecule has 0 radical (unpaired) electrons. The molecule has 0 saturated heterocycles. The van der Waals surface area contributed by atoms with Gasteiger partial charge in [-0.1, -0.05) is 11.6 Å². The third-order valence-electron chi connectivity index (χ3n) is 3.53. The number of halogens is 1. The predicted molar refractivity (Wildman–Crippen MR) is 64.5 cm³/mol. The first-order valence-electron chi connectivity index (χ1n) is 6.09. The Morgan fingerprint density at radius 1 is 1.53 bits per heavy atom. The van der Waals surface area contributed by atoms with E-state index in [2.05, 4.69) is 16.5 Å². The highest BCUT2D eigenvalue weighted by atomic mass is 35.5. The number of hydrogen-bond donors (Lipinski definition) is 1. The second-order valence-corrected chi connectivity index (χ2v) is 5.57. The highest BCUT2D eigenvalue weighted by molar-refractivity contribution is 6.30. The molecule has 2 fully saturated rings. The van der Waals surface area contributed by atoms with Crippen molar-refractivity contribution >= 4 is 11.6 Å². The molecule has 0 bridgehead atoms. The van der Waals surface area contributed by atoms with Gasteiger partial charge in [-0.2, -0.15) is 10.4 Å². The minimum absolute atomic E-state index is 0.448. The molecule has 0 aliphatic heterocycles. The van der Waals surface area contributed by atoms with Gasteiger partial charge in [-0.3, -0.25) is 10.00 Å². The number of nitriles is 1. The van der Waals surface area contributed by atoms with Gasteiger partial charge in [0.1, 0.15) is 5.54 Å². The molecule has 2 saturated carbocycles. The van der Waals surface area contributed by atoms with Crippen molar-refractivity contribution in [2.45, 2.75) is 43.8 Å².